The van der Waals surface area contributed by atoms with Crippen molar-refractivity contribution < 1.29 is 68.1 Å². The number of hydrogen-bond donors (Lipinski definition) is 5. The SMILES string of the molecule is CO[C@@H]1C(C(=O)ON2C(=O)CCC2=O)OC(O[C@@H]2[C@@H]3NC(=O)O[C@@H]3OC(CO)[C@H]2O)[C@@H](O)[C@H]1O. The van der Waals surface area contributed by atoms with Crippen molar-refractivity contribution in [2.45, 2.75) is 74.2 Å². The molecule has 0 aromatic rings. The fourth-order valence-corrected chi connectivity index (χ4v) is 4.12. The molecule has 4 fully saturated rings. The van der Waals surface area contributed by atoms with Crippen LogP contribution in [0, 0.1) is 0 Å². The molecule has 34 heavy (non-hydrogen) atoms. The van der Waals surface area contributed by atoms with Gasteiger partial charge in [0, 0.05) is 20.0 Å². The number of nitrogens with zero attached hydrogens (tertiary/aromatic N) is 1. The molecule has 16 heteroatoms. The van der Waals surface area contributed by atoms with Crippen molar-refractivity contribution in [2.75, 3.05) is 13.7 Å². The van der Waals surface area contributed by atoms with Gasteiger partial charge in [0.15, 0.2) is 12.4 Å². The van der Waals surface area contributed by atoms with Crippen LogP contribution in [0.25, 0.3) is 0 Å². The van der Waals surface area contributed by atoms with Gasteiger partial charge in [0.05, 0.1) is 6.61 Å². The van der Waals surface area contributed by atoms with Gasteiger partial charge in [-0.2, -0.15) is 0 Å². The van der Waals surface area contributed by atoms with Gasteiger partial charge in [0.25, 0.3) is 11.8 Å². The van der Waals surface area contributed by atoms with Crippen LogP contribution in [0.3, 0.4) is 0 Å². The molecule has 190 valence electrons. The van der Waals surface area contributed by atoms with Gasteiger partial charge in [0.1, 0.15) is 42.7 Å². The molecule has 0 spiro atoms. The maximum absolute atomic E-state index is 12.7. The van der Waals surface area contributed by atoms with E-state index in [0.29, 0.717) is 0 Å². The summed E-state index contributed by atoms with van der Waals surface area (Å²) in [5, 5.41) is 43.7. The smallest absolute Gasteiger partial charge is 0.410 e. The lowest BCUT2D eigenvalue weighted by Crippen LogP contribution is -2.66. The van der Waals surface area contributed by atoms with Crippen molar-refractivity contribution in [3.05, 3.63) is 0 Å². The van der Waals surface area contributed by atoms with E-state index in [-0.39, 0.29) is 17.9 Å². The average Bonchev–Trinajstić information content (AvgIpc) is 3.33. The van der Waals surface area contributed by atoms with E-state index in [1.807, 2.05) is 0 Å². The Morgan fingerprint density at radius 2 is 1.74 bits per heavy atom. The molecule has 4 aliphatic heterocycles. The summed E-state index contributed by atoms with van der Waals surface area (Å²) >= 11 is 0. The summed E-state index contributed by atoms with van der Waals surface area (Å²) in [6.45, 7) is -0.670. The zero-order chi connectivity index (χ0) is 24.7. The summed E-state index contributed by atoms with van der Waals surface area (Å²) in [6, 6.07) is -1.09. The minimum absolute atomic E-state index is 0.150. The third-order valence-electron chi connectivity index (χ3n) is 5.89. The molecule has 0 radical (unpaired) electrons. The maximum Gasteiger partial charge on any atom is 0.410 e. The van der Waals surface area contributed by atoms with Gasteiger partial charge >= 0.3 is 12.1 Å². The third kappa shape index (κ3) is 4.34. The molecule has 0 saturated carbocycles. The molecule has 4 saturated heterocycles. The molecule has 4 rings (SSSR count). The van der Waals surface area contributed by atoms with E-state index in [9.17, 15) is 39.6 Å². The number of alkyl carbamates (subject to hydrolysis) is 1. The zero-order valence-corrected chi connectivity index (χ0v) is 17.7. The molecule has 0 bridgehead atoms. The van der Waals surface area contributed by atoms with Crippen LogP contribution < -0.4 is 5.32 Å². The zero-order valence-electron chi connectivity index (χ0n) is 17.7. The minimum atomic E-state index is -1.82. The number of imide groups is 1. The highest BCUT2D eigenvalue weighted by Crippen LogP contribution is 2.32. The van der Waals surface area contributed by atoms with Crippen molar-refractivity contribution >= 4 is 23.9 Å². The van der Waals surface area contributed by atoms with E-state index in [2.05, 4.69) is 5.32 Å². The number of aliphatic hydroxyl groups excluding tert-OH is 4. The summed E-state index contributed by atoms with van der Waals surface area (Å²) in [6.07, 6.45) is -15.2. The third-order valence-corrected chi connectivity index (χ3v) is 5.89. The number of hydroxylamine groups is 2. The molecule has 0 aromatic heterocycles. The van der Waals surface area contributed by atoms with Crippen molar-refractivity contribution in [3.8, 4) is 0 Å². The monoisotopic (exact) mass is 492 g/mol. The Kier molecular flexibility index (Phi) is 7.02. The Morgan fingerprint density at radius 1 is 1.06 bits per heavy atom. The van der Waals surface area contributed by atoms with Crippen LogP contribution in [-0.2, 0) is 42.9 Å². The van der Waals surface area contributed by atoms with Gasteiger partial charge in [-0.1, -0.05) is 0 Å². The molecule has 4 aliphatic rings. The Balaban J connectivity index is 1.53. The van der Waals surface area contributed by atoms with E-state index >= 15 is 0 Å². The fraction of sp³-hybridized carbons (Fsp3) is 0.778. The molecule has 5 N–H and O–H groups in total. The molecule has 3 amide bonds. The predicted octanol–water partition coefficient (Wildman–Crippen LogP) is -4.37. The molecule has 0 aromatic carbocycles. The van der Waals surface area contributed by atoms with Crippen LogP contribution in [0.5, 0.6) is 0 Å². The first-order valence-corrected chi connectivity index (χ1v) is 10.3. The number of carbonyl (C=O) groups excluding carboxylic acids is 4. The number of rotatable bonds is 6. The number of aliphatic hydroxyl groups is 4. The highest BCUT2D eigenvalue weighted by atomic mass is 16.8. The first kappa shape index (κ1) is 24.7. The van der Waals surface area contributed by atoms with E-state index < -0.39 is 91.8 Å². The van der Waals surface area contributed by atoms with Crippen LogP contribution in [0.15, 0.2) is 0 Å². The average molecular weight is 492 g/mol. The Hall–Kier alpha value is -2.44. The number of amides is 3. The second-order valence-electron chi connectivity index (χ2n) is 7.99. The Morgan fingerprint density at radius 3 is 2.35 bits per heavy atom. The fourth-order valence-electron chi connectivity index (χ4n) is 4.12. The van der Waals surface area contributed by atoms with Crippen LogP contribution in [0.1, 0.15) is 12.8 Å². The maximum atomic E-state index is 12.7. The lowest BCUT2D eigenvalue weighted by atomic mass is 9.96. The standard InChI is InChI=1S/C18H24N2O14/c1-29-13-10(25)11(26)17(32-14(13)15(27)34-20-6(22)2-3-7(20)23)31-12-8-16(33-18(28)19-8)30-5(4-21)9(12)24/h5,8-14,16-17,21,24-26H,2-4H2,1H3,(H,19,28)/t5?,8-,9+,10+,11-,12+,13-,14?,16-,17?/m0/s1. The normalized spacial score (nSPS) is 42.3. The summed E-state index contributed by atoms with van der Waals surface area (Å²) in [5.41, 5.74) is 0. The Bertz CT molecular complexity index is 823. The second-order valence-corrected chi connectivity index (χ2v) is 7.99. The molecule has 10 atom stereocenters. The molecule has 4 heterocycles. The number of fused-ring (bicyclic) bond motifs is 1. The summed E-state index contributed by atoms with van der Waals surface area (Å²) in [5.74, 6) is -2.79. The van der Waals surface area contributed by atoms with Gasteiger partial charge < -0.3 is 54.3 Å². The van der Waals surface area contributed by atoms with E-state index in [4.69, 9.17) is 28.5 Å². The minimum Gasteiger partial charge on any atom is -0.417 e. The van der Waals surface area contributed by atoms with Crippen LogP contribution >= 0.6 is 0 Å². The topological polar surface area (TPSA) is 220 Å². The first-order chi connectivity index (χ1) is 16.2. The van der Waals surface area contributed by atoms with Crippen molar-refractivity contribution in [1.82, 2.24) is 10.4 Å². The van der Waals surface area contributed by atoms with Gasteiger partial charge in [-0.15, -0.1) is 5.06 Å². The van der Waals surface area contributed by atoms with Gasteiger partial charge in [-0.05, 0) is 0 Å². The number of nitrogens with one attached hydrogen (secondary N) is 1. The predicted molar refractivity (Wildman–Crippen MR) is 98.7 cm³/mol. The molecular weight excluding hydrogens is 468 g/mol. The number of methoxy groups -OCH3 is 1. The summed E-state index contributed by atoms with van der Waals surface area (Å²) in [7, 11) is 1.11. The van der Waals surface area contributed by atoms with Crippen molar-refractivity contribution in [2.24, 2.45) is 0 Å². The van der Waals surface area contributed by atoms with Crippen LogP contribution in [-0.4, -0.2) is 124 Å². The van der Waals surface area contributed by atoms with E-state index in [1.54, 1.807) is 0 Å². The van der Waals surface area contributed by atoms with Crippen molar-refractivity contribution in [3.63, 3.8) is 0 Å². The number of hydrogen-bond acceptors (Lipinski definition) is 14. The van der Waals surface area contributed by atoms with Crippen molar-refractivity contribution in [1.29, 1.82) is 0 Å². The van der Waals surface area contributed by atoms with E-state index in [1.165, 1.54) is 0 Å². The quantitative estimate of drug-likeness (QED) is 0.221. The van der Waals surface area contributed by atoms with Crippen LogP contribution in [0.4, 0.5) is 4.79 Å². The van der Waals surface area contributed by atoms with Crippen LogP contribution in [0.2, 0.25) is 0 Å². The lowest BCUT2D eigenvalue weighted by molar-refractivity contribution is -0.335. The van der Waals surface area contributed by atoms with Gasteiger partial charge in [0.2, 0.25) is 6.29 Å². The summed E-state index contributed by atoms with van der Waals surface area (Å²) in [4.78, 5) is 52.7. The lowest BCUT2D eigenvalue weighted by Gasteiger charge is -2.45. The molecular formula is C18H24N2O14. The number of ether oxygens (including phenoxy) is 5. The number of carbonyl (C=O) groups is 4. The highest BCUT2D eigenvalue weighted by molar-refractivity contribution is 6.01. The first-order valence-electron chi connectivity index (χ1n) is 10.3. The van der Waals surface area contributed by atoms with Gasteiger partial charge in [-0.3, -0.25) is 9.59 Å². The molecule has 16 nitrogen and oxygen atoms in total. The molecule has 3 unspecified atom stereocenters. The highest BCUT2D eigenvalue weighted by Gasteiger charge is 2.56. The Labute approximate surface area is 191 Å². The van der Waals surface area contributed by atoms with Gasteiger partial charge in [-0.25, -0.2) is 9.59 Å². The summed E-state index contributed by atoms with van der Waals surface area (Å²) < 4.78 is 26.3. The largest absolute Gasteiger partial charge is 0.417 e. The van der Waals surface area contributed by atoms with E-state index in [0.717, 1.165) is 7.11 Å². The second kappa shape index (κ2) is 9.67. The molecule has 0 aliphatic carbocycles.